The minimum absolute atomic E-state index is 0. The first-order valence-electron chi connectivity index (χ1n) is 7.62. The Morgan fingerprint density at radius 2 is 1.84 bits per heavy atom. The molecule has 0 spiro atoms. The van der Waals surface area contributed by atoms with Gasteiger partial charge in [0.2, 0.25) is 5.16 Å². The van der Waals surface area contributed by atoms with Crippen molar-refractivity contribution < 1.29 is 4.74 Å². The highest BCUT2D eigenvalue weighted by Gasteiger charge is 2.20. The number of hydrogen-bond donors (Lipinski definition) is 0. The third-order valence-corrected chi connectivity index (χ3v) is 4.81. The summed E-state index contributed by atoms with van der Waals surface area (Å²) >= 11 is 1.65. The van der Waals surface area contributed by atoms with Crippen molar-refractivity contribution in [3.8, 4) is 17.1 Å². The zero-order chi connectivity index (χ0) is 16.5. The van der Waals surface area contributed by atoms with Gasteiger partial charge in [-0.15, -0.1) is 27.2 Å². The van der Waals surface area contributed by atoms with Gasteiger partial charge < -0.3 is 4.74 Å². The third kappa shape index (κ3) is 3.48. The van der Waals surface area contributed by atoms with Gasteiger partial charge in [0.15, 0.2) is 5.82 Å². The Morgan fingerprint density at radius 1 is 1.04 bits per heavy atom. The van der Waals surface area contributed by atoms with Crippen molar-refractivity contribution >= 4 is 34.5 Å². The summed E-state index contributed by atoms with van der Waals surface area (Å²) in [5, 5.41) is 14.2. The summed E-state index contributed by atoms with van der Waals surface area (Å²) in [6.07, 6.45) is 0. The first-order valence-corrected chi connectivity index (χ1v) is 8.61. The fourth-order valence-electron chi connectivity index (χ4n) is 2.56. The van der Waals surface area contributed by atoms with Crippen molar-refractivity contribution in [2.75, 3.05) is 12.9 Å². The van der Waals surface area contributed by atoms with Crippen LogP contribution in [0.4, 0.5) is 0 Å². The van der Waals surface area contributed by atoms with Crippen LogP contribution >= 0.6 is 28.7 Å². The maximum Gasteiger partial charge on any atom is 0.212 e. The van der Waals surface area contributed by atoms with Crippen LogP contribution in [0.5, 0.6) is 5.75 Å². The van der Waals surface area contributed by atoms with Gasteiger partial charge in [-0.25, -0.2) is 0 Å². The molecule has 4 rings (SSSR count). The van der Waals surface area contributed by atoms with Gasteiger partial charge in [-0.05, 0) is 24.6 Å². The summed E-state index contributed by atoms with van der Waals surface area (Å²) in [5.74, 6) is 2.30. The molecule has 0 fully saturated rings. The molecule has 0 saturated heterocycles. The number of hydrogen-bond acceptors (Lipinski definition) is 5. The lowest BCUT2D eigenvalue weighted by Gasteiger charge is -2.14. The fourth-order valence-corrected chi connectivity index (χ4v) is 3.40. The predicted octanol–water partition coefficient (Wildman–Crippen LogP) is 4.20. The van der Waals surface area contributed by atoms with E-state index in [1.54, 1.807) is 18.9 Å². The maximum absolute atomic E-state index is 5.30. The van der Waals surface area contributed by atoms with Crippen LogP contribution in [0.25, 0.3) is 11.4 Å². The van der Waals surface area contributed by atoms with Crippen LogP contribution in [-0.2, 0) is 0 Å². The molecule has 128 valence electrons. The van der Waals surface area contributed by atoms with Gasteiger partial charge in [0.1, 0.15) is 5.75 Å². The number of halogens is 1. The second-order valence-corrected chi connectivity index (χ2v) is 6.49. The van der Waals surface area contributed by atoms with Gasteiger partial charge in [-0.3, -0.25) is 0 Å². The monoisotopic (exact) mass is 416 g/mol. The lowest BCUT2D eigenvalue weighted by atomic mass is 10.1. The number of fused-ring (bicyclic) bond motifs is 1. The Hall–Kier alpha value is -2.12. The number of ether oxygens (including phenoxy) is 1. The number of benzene rings is 2. The van der Waals surface area contributed by atoms with Crippen molar-refractivity contribution in [2.45, 2.75) is 12.1 Å². The zero-order valence-electron chi connectivity index (χ0n) is 13.8. The number of aromatic nitrogens is 3. The zero-order valence-corrected chi connectivity index (χ0v) is 16.4. The summed E-state index contributed by atoms with van der Waals surface area (Å²) in [7, 11) is 1.65. The topological polar surface area (TPSA) is 52.3 Å². The number of aryl methyl sites for hydroxylation is 1. The van der Waals surface area contributed by atoms with Crippen molar-refractivity contribution in [3.05, 3.63) is 59.7 Å². The first-order chi connectivity index (χ1) is 11.7. The van der Waals surface area contributed by atoms with Crippen molar-refractivity contribution in [3.63, 3.8) is 0 Å². The number of thioether (sulfide) groups is 1. The summed E-state index contributed by atoms with van der Waals surface area (Å²) in [5.41, 5.74) is 4.33. The normalized spacial score (nSPS) is 12.8. The molecular formula is C18H17BrN4OS. The van der Waals surface area contributed by atoms with Gasteiger partial charge >= 0.3 is 0 Å². The fraction of sp³-hybridized carbons (Fsp3) is 0.167. The summed E-state index contributed by atoms with van der Waals surface area (Å²) in [6.45, 7) is 2.08. The minimum atomic E-state index is 0. The van der Waals surface area contributed by atoms with Crippen LogP contribution < -0.4 is 4.74 Å². The van der Waals surface area contributed by atoms with Crippen LogP contribution in [0.2, 0.25) is 0 Å². The van der Waals surface area contributed by atoms with E-state index in [1.807, 2.05) is 28.9 Å². The standard InChI is InChI=1S/C18H16N4OS.BrH/c1-12-6-8-13(9-7-12)16-11-24-18-20-19-17(22(18)21-16)14-4-3-5-15(10-14)23-2;/h3-10H,11H2,1-2H3;1H. The maximum atomic E-state index is 5.30. The molecule has 0 amide bonds. The molecule has 0 radical (unpaired) electrons. The average molecular weight is 417 g/mol. The second kappa shape index (κ2) is 7.41. The second-order valence-electron chi connectivity index (χ2n) is 5.55. The SMILES string of the molecule is Br.COc1cccc(-c2nnc3n2N=C(c2ccc(C)cc2)CS3)c1. The Kier molecular flexibility index (Phi) is 5.24. The van der Waals surface area contributed by atoms with Crippen LogP contribution in [0.1, 0.15) is 11.1 Å². The Labute approximate surface area is 160 Å². The molecule has 0 saturated carbocycles. The third-order valence-electron chi connectivity index (χ3n) is 3.88. The van der Waals surface area contributed by atoms with Crippen molar-refractivity contribution in [1.29, 1.82) is 0 Å². The highest BCUT2D eigenvalue weighted by atomic mass is 79.9. The summed E-state index contributed by atoms with van der Waals surface area (Å²) in [4.78, 5) is 0. The Balaban J connectivity index is 0.00000182. The van der Waals surface area contributed by atoms with E-state index in [9.17, 15) is 0 Å². The van der Waals surface area contributed by atoms with Crippen LogP contribution in [0.3, 0.4) is 0 Å². The van der Waals surface area contributed by atoms with Gasteiger partial charge in [0, 0.05) is 11.3 Å². The number of nitrogens with zero attached hydrogens (tertiary/aromatic N) is 4. The van der Waals surface area contributed by atoms with E-state index in [0.717, 1.165) is 39.3 Å². The summed E-state index contributed by atoms with van der Waals surface area (Å²) < 4.78 is 7.12. The van der Waals surface area contributed by atoms with E-state index in [2.05, 4.69) is 41.4 Å². The number of methoxy groups -OCH3 is 1. The molecule has 1 aliphatic heterocycles. The lowest BCUT2D eigenvalue weighted by Crippen LogP contribution is -2.13. The van der Waals surface area contributed by atoms with E-state index in [4.69, 9.17) is 9.84 Å². The van der Waals surface area contributed by atoms with Crippen LogP contribution in [0.15, 0.2) is 58.8 Å². The van der Waals surface area contributed by atoms with E-state index in [-0.39, 0.29) is 17.0 Å². The molecule has 2 heterocycles. The molecule has 0 bridgehead atoms. The van der Waals surface area contributed by atoms with E-state index >= 15 is 0 Å². The largest absolute Gasteiger partial charge is 0.497 e. The van der Waals surface area contributed by atoms with Gasteiger partial charge in [0.25, 0.3) is 0 Å². The molecule has 25 heavy (non-hydrogen) atoms. The van der Waals surface area contributed by atoms with E-state index in [0.29, 0.717) is 0 Å². The quantitative estimate of drug-likeness (QED) is 0.641. The van der Waals surface area contributed by atoms with E-state index < -0.39 is 0 Å². The van der Waals surface area contributed by atoms with Gasteiger partial charge in [-0.2, -0.15) is 9.78 Å². The van der Waals surface area contributed by atoms with Gasteiger partial charge in [0.05, 0.1) is 12.8 Å². The first kappa shape index (κ1) is 17.7. The van der Waals surface area contributed by atoms with Crippen LogP contribution in [-0.4, -0.2) is 33.4 Å². The van der Waals surface area contributed by atoms with Crippen molar-refractivity contribution in [1.82, 2.24) is 14.9 Å². The molecule has 0 aliphatic carbocycles. The smallest absolute Gasteiger partial charge is 0.212 e. The Morgan fingerprint density at radius 3 is 2.60 bits per heavy atom. The molecule has 1 aliphatic rings. The molecule has 1 aromatic heterocycles. The number of rotatable bonds is 3. The molecule has 5 nitrogen and oxygen atoms in total. The highest BCUT2D eigenvalue weighted by molar-refractivity contribution is 8.93. The predicted molar refractivity (Wildman–Crippen MR) is 106 cm³/mol. The average Bonchev–Trinajstić information content (AvgIpc) is 3.05. The highest BCUT2D eigenvalue weighted by Crippen LogP contribution is 2.29. The summed E-state index contributed by atoms with van der Waals surface area (Å²) in [6, 6.07) is 16.2. The molecule has 3 aromatic rings. The van der Waals surface area contributed by atoms with Crippen LogP contribution in [0, 0.1) is 6.92 Å². The Bertz CT molecular complexity index is 921. The lowest BCUT2D eigenvalue weighted by molar-refractivity contribution is 0.415. The molecule has 0 atom stereocenters. The molecular weight excluding hydrogens is 400 g/mol. The molecule has 0 unspecified atom stereocenters. The molecule has 2 aromatic carbocycles. The minimum Gasteiger partial charge on any atom is -0.497 e. The molecule has 7 heteroatoms. The van der Waals surface area contributed by atoms with Crippen molar-refractivity contribution in [2.24, 2.45) is 5.10 Å². The molecule has 0 N–H and O–H groups in total. The van der Waals surface area contributed by atoms with Gasteiger partial charge in [-0.1, -0.05) is 53.7 Å². The van der Waals surface area contributed by atoms with E-state index in [1.165, 1.54) is 5.56 Å².